The maximum absolute atomic E-state index is 12.8. The fourth-order valence-electron chi connectivity index (χ4n) is 1.68. The van der Waals surface area contributed by atoms with Crippen molar-refractivity contribution < 1.29 is 18.7 Å². The number of nitrogens with one attached hydrogen (secondary N) is 1. The number of nitrogen functional groups attached to an aromatic ring is 1. The summed E-state index contributed by atoms with van der Waals surface area (Å²) in [5, 5.41) is 2.53. The van der Waals surface area contributed by atoms with Crippen molar-refractivity contribution in [3.05, 3.63) is 59.9 Å². The van der Waals surface area contributed by atoms with Gasteiger partial charge in [-0.3, -0.25) is 4.79 Å². The van der Waals surface area contributed by atoms with E-state index in [4.69, 9.17) is 10.5 Å². The molecule has 0 unspecified atom stereocenters. The summed E-state index contributed by atoms with van der Waals surface area (Å²) >= 11 is 0. The Kier molecular flexibility index (Phi) is 4.73. The zero-order valence-corrected chi connectivity index (χ0v) is 11.9. The monoisotopic (exact) mass is 302 g/mol. The first kappa shape index (κ1) is 15.5. The molecule has 0 spiro atoms. The molecule has 22 heavy (non-hydrogen) atoms. The van der Waals surface area contributed by atoms with Crippen molar-refractivity contribution in [2.45, 2.75) is 13.0 Å². The molecule has 0 bridgehead atoms. The van der Waals surface area contributed by atoms with E-state index >= 15 is 0 Å². The maximum atomic E-state index is 12.8. The Morgan fingerprint density at radius 3 is 2.27 bits per heavy atom. The normalized spacial score (nSPS) is 11.5. The van der Waals surface area contributed by atoms with Crippen LogP contribution in [0.15, 0.2) is 48.5 Å². The Morgan fingerprint density at radius 2 is 1.68 bits per heavy atom. The van der Waals surface area contributed by atoms with Gasteiger partial charge in [0.15, 0.2) is 6.10 Å². The van der Waals surface area contributed by atoms with Crippen molar-refractivity contribution in [3.8, 4) is 0 Å². The number of esters is 1. The number of ether oxygens (including phenoxy) is 1. The Bertz CT molecular complexity index is 669. The molecule has 1 atom stereocenters. The number of amides is 1. The Morgan fingerprint density at radius 1 is 1.09 bits per heavy atom. The molecule has 114 valence electrons. The SMILES string of the molecule is C[C@H](OC(=O)c1ccc(N)cc1)C(=O)Nc1ccc(F)cc1. The lowest BCUT2D eigenvalue weighted by Gasteiger charge is -2.13. The second-order valence-corrected chi connectivity index (χ2v) is 4.67. The number of hydrogen-bond acceptors (Lipinski definition) is 4. The van der Waals surface area contributed by atoms with E-state index in [-0.39, 0.29) is 0 Å². The van der Waals surface area contributed by atoms with Crippen LogP contribution >= 0.6 is 0 Å². The van der Waals surface area contributed by atoms with Crippen molar-refractivity contribution in [2.75, 3.05) is 11.1 Å². The molecular weight excluding hydrogens is 287 g/mol. The summed E-state index contributed by atoms with van der Waals surface area (Å²) in [6, 6.07) is 11.5. The minimum Gasteiger partial charge on any atom is -0.449 e. The fourth-order valence-corrected chi connectivity index (χ4v) is 1.68. The second kappa shape index (κ2) is 6.71. The number of hydrogen-bond donors (Lipinski definition) is 2. The summed E-state index contributed by atoms with van der Waals surface area (Å²) in [6.45, 7) is 1.45. The summed E-state index contributed by atoms with van der Waals surface area (Å²) in [4.78, 5) is 23.8. The lowest BCUT2D eigenvalue weighted by Crippen LogP contribution is -2.30. The zero-order chi connectivity index (χ0) is 16.1. The summed E-state index contributed by atoms with van der Waals surface area (Å²) in [7, 11) is 0. The van der Waals surface area contributed by atoms with E-state index in [0.717, 1.165) is 0 Å². The molecule has 2 aromatic rings. The van der Waals surface area contributed by atoms with Crippen LogP contribution in [-0.4, -0.2) is 18.0 Å². The van der Waals surface area contributed by atoms with Crippen LogP contribution in [0, 0.1) is 5.82 Å². The van der Waals surface area contributed by atoms with E-state index in [1.807, 2.05) is 0 Å². The molecule has 2 rings (SSSR count). The molecule has 0 aromatic heterocycles. The predicted molar refractivity (Wildman–Crippen MR) is 80.8 cm³/mol. The van der Waals surface area contributed by atoms with Gasteiger partial charge >= 0.3 is 5.97 Å². The van der Waals surface area contributed by atoms with Crippen molar-refractivity contribution in [2.24, 2.45) is 0 Å². The first-order chi connectivity index (χ1) is 10.5. The largest absolute Gasteiger partial charge is 0.449 e. The van der Waals surface area contributed by atoms with Crippen molar-refractivity contribution in [1.29, 1.82) is 0 Å². The number of benzene rings is 2. The zero-order valence-electron chi connectivity index (χ0n) is 11.9. The topological polar surface area (TPSA) is 81.4 Å². The van der Waals surface area contributed by atoms with Gasteiger partial charge in [-0.25, -0.2) is 9.18 Å². The molecule has 0 aliphatic carbocycles. The number of nitrogens with two attached hydrogens (primary N) is 1. The number of halogens is 1. The summed E-state index contributed by atoms with van der Waals surface area (Å²) in [5.41, 5.74) is 6.78. The lowest BCUT2D eigenvalue weighted by atomic mass is 10.2. The van der Waals surface area contributed by atoms with E-state index in [9.17, 15) is 14.0 Å². The van der Waals surface area contributed by atoms with E-state index in [1.165, 1.54) is 43.3 Å². The van der Waals surface area contributed by atoms with Gasteiger partial charge in [-0.05, 0) is 55.5 Å². The van der Waals surface area contributed by atoms with Gasteiger partial charge < -0.3 is 15.8 Å². The van der Waals surface area contributed by atoms with Crippen LogP contribution in [0.5, 0.6) is 0 Å². The Labute approximate surface area is 126 Å². The number of rotatable bonds is 4. The van der Waals surface area contributed by atoms with E-state index < -0.39 is 23.8 Å². The molecule has 0 saturated heterocycles. The third-order valence-corrected chi connectivity index (χ3v) is 2.91. The highest BCUT2D eigenvalue weighted by atomic mass is 19.1. The standard InChI is InChI=1S/C16H15FN2O3/c1-10(15(20)19-14-8-4-12(17)5-9-14)22-16(21)11-2-6-13(18)7-3-11/h2-10H,18H2,1H3,(H,19,20)/t10-/m0/s1. The maximum Gasteiger partial charge on any atom is 0.338 e. The summed E-state index contributed by atoms with van der Waals surface area (Å²) in [5.74, 6) is -1.53. The van der Waals surface area contributed by atoms with Gasteiger partial charge in [-0.1, -0.05) is 0 Å². The smallest absolute Gasteiger partial charge is 0.338 e. The van der Waals surface area contributed by atoms with Crippen LogP contribution < -0.4 is 11.1 Å². The minimum absolute atomic E-state index is 0.302. The molecule has 1 amide bonds. The molecule has 0 aliphatic heterocycles. The molecule has 3 N–H and O–H groups in total. The number of anilines is 2. The summed E-state index contributed by atoms with van der Waals surface area (Å²) < 4.78 is 17.8. The average Bonchev–Trinajstić information content (AvgIpc) is 2.50. The first-order valence-electron chi connectivity index (χ1n) is 6.58. The molecule has 0 aliphatic rings. The molecule has 0 radical (unpaired) electrons. The van der Waals surface area contributed by atoms with Crippen LogP contribution in [0.4, 0.5) is 15.8 Å². The summed E-state index contributed by atoms with van der Waals surface area (Å²) in [6.07, 6.45) is -0.991. The van der Waals surface area contributed by atoms with Gasteiger partial charge in [0.05, 0.1) is 5.56 Å². The van der Waals surface area contributed by atoms with Gasteiger partial charge in [0.25, 0.3) is 5.91 Å². The molecule has 5 nitrogen and oxygen atoms in total. The van der Waals surface area contributed by atoms with Gasteiger partial charge in [0.1, 0.15) is 5.82 Å². The minimum atomic E-state index is -0.991. The molecule has 2 aromatic carbocycles. The van der Waals surface area contributed by atoms with E-state index in [0.29, 0.717) is 16.9 Å². The third-order valence-electron chi connectivity index (χ3n) is 2.91. The highest BCUT2D eigenvalue weighted by Gasteiger charge is 2.19. The second-order valence-electron chi connectivity index (χ2n) is 4.67. The first-order valence-corrected chi connectivity index (χ1v) is 6.58. The van der Waals surface area contributed by atoms with E-state index in [2.05, 4.69) is 5.32 Å². The van der Waals surface area contributed by atoms with Crippen LogP contribution in [0.2, 0.25) is 0 Å². The van der Waals surface area contributed by atoms with Gasteiger partial charge in [-0.15, -0.1) is 0 Å². The van der Waals surface area contributed by atoms with Gasteiger partial charge in [0.2, 0.25) is 0 Å². The fraction of sp³-hybridized carbons (Fsp3) is 0.125. The van der Waals surface area contributed by atoms with Crippen LogP contribution in [0.25, 0.3) is 0 Å². The third kappa shape index (κ3) is 4.05. The van der Waals surface area contributed by atoms with Crippen molar-refractivity contribution in [3.63, 3.8) is 0 Å². The van der Waals surface area contributed by atoms with Crippen LogP contribution in [-0.2, 0) is 9.53 Å². The van der Waals surface area contributed by atoms with Gasteiger partial charge in [-0.2, -0.15) is 0 Å². The molecular formula is C16H15FN2O3. The lowest BCUT2D eigenvalue weighted by molar-refractivity contribution is -0.123. The number of carbonyl (C=O) groups is 2. The van der Waals surface area contributed by atoms with Crippen molar-refractivity contribution in [1.82, 2.24) is 0 Å². The molecule has 0 saturated carbocycles. The molecule has 0 fully saturated rings. The van der Waals surface area contributed by atoms with E-state index in [1.54, 1.807) is 12.1 Å². The highest BCUT2D eigenvalue weighted by Crippen LogP contribution is 2.11. The van der Waals surface area contributed by atoms with Crippen LogP contribution in [0.1, 0.15) is 17.3 Å². The quantitative estimate of drug-likeness (QED) is 0.672. The Hall–Kier alpha value is -2.89. The highest BCUT2D eigenvalue weighted by molar-refractivity contribution is 5.97. The Balaban J connectivity index is 1.94. The van der Waals surface area contributed by atoms with Gasteiger partial charge in [0, 0.05) is 11.4 Å². The molecule has 0 heterocycles. The molecule has 6 heteroatoms. The predicted octanol–water partition coefficient (Wildman–Crippen LogP) is 2.59. The average molecular weight is 302 g/mol. The van der Waals surface area contributed by atoms with Crippen LogP contribution in [0.3, 0.4) is 0 Å². The number of carbonyl (C=O) groups excluding carboxylic acids is 2. The van der Waals surface area contributed by atoms with Crippen molar-refractivity contribution >= 4 is 23.3 Å².